The summed E-state index contributed by atoms with van der Waals surface area (Å²) in [6, 6.07) is 16.1. The summed E-state index contributed by atoms with van der Waals surface area (Å²) in [6.07, 6.45) is 1.34. The summed E-state index contributed by atoms with van der Waals surface area (Å²) in [6.45, 7) is 1.40. The zero-order valence-electron chi connectivity index (χ0n) is 15.4. The molecule has 0 aliphatic rings. The Bertz CT molecular complexity index is 1080. The molecule has 0 unspecified atom stereocenters. The van der Waals surface area contributed by atoms with Gasteiger partial charge >= 0.3 is 5.97 Å². The largest absolute Gasteiger partial charge is 0.478 e. The normalized spacial score (nSPS) is 10.7. The molecule has 0 spiro atoms. The van der Waals surface area contributed by atoms with Crippen molar-refractivity contribution in [1.82, 2.24) is 5.43 Å². The number of nitrogens with one attached hydrogen (secondary N) is 2. The van der Waals surface area contributed by atoms with Gasteiger partial charge in [0.2, 0.25) is 5.91 Å². The number of anilines is 1. The maximum absolute atomic E-state index is 12.1. The van der Waals surface area contributed by atoms with Gasteiger partial charge in [-0.15, -0.1) is 0 Å². The van der Waals surface area contributed by atoms with E-state index >= 15 is 0 Å². The Morgan fingerprint density at radius 1 is 1.00 bits per heavy atom. The molecule has 0 saturated heterocycles. The average molecular weight is 391 g/mol. The molecule has 0 aliphatic carbocycles. The molecular formula is C21H17N3O5. The van der Waals surface area contributed by atoms with Gasteiger partial charge in [0, 0.05) is 23.7 Å². The maximum Gasteiger partial charge on any atom is 0.335 e. The molecule has 29 heavy (non-hydrogen) atoms. The van der Waals surface area contributed by atoms with Gasteiger partial charge < -0.3 is 14.8 Å². The van der Waals surface area contributed by atoms with E-state index in [0.717, 1.165) is 0 Å². The number of furan rings is 1. The van der Waals surface area contributed by atoms with Crippen molar-refractivity contribution < 1.29 is 23.9 Å². The van der Waals surface area contributed by atoms with E-state index in [2.05, 4.69) is 15.8 Å². The second kappa shape index (κ2) is 8.66. The Hall–Kier alpha value is -4.20. The first-order valence-electron chi connectivity index (χ1n) is 8.57. The molecule has 8 nitrogen and oxygen atoms in total. The van der Waals surface area contributed by atoms with Crippen molar-refractivity contribution >= 4 is 29.7 Å². The lowest BCUT2D eigenvalue weighted by Crippen LogP contribution is -2.17. The fourth-order valence-electron chi connectivity index (χ4n) is 2.51. The second-order valence-corrected chi connectivity index (χ2v) is 6.05. The lowest BCUT2D eigenvalue weighted by Gasteiger charge is -2.03. The summed E-state index contributed by atoms with van der Waals surface area (Å²) in [5.74, 6) is -0.764. The molecule has 0 saturated carbocycles. The topological polar surface area (TPSA) is 121 Å². The van der Waals surface area contributed by atoms with E-state index < -0.39 is 11.9 Å². The second-order valence-electron chi connectivity index (χ2n) is 6.05. The van der Waals surface area contributed by atoms with Gasteiger partial charge in [-0.1, -0.05) is 12.1 Å². The highest BCUT2D eigenvalue weighted by molar-refractivity contribution is 5.96. The van der Waals surface area contributed by atoms with E-state index in [4.69, 9.17) is 9.52 Å². The quantitative estimate of drug-likeness (QED) is 0.439. The van der Waals surface area contributed by atoms with Gasteiger partial charge in [-0.05, 0) is 48.5 Å². The molecule has 2 amide bonds. The molecule has 2 aromatic carbocycles. The first-order chi connectivity index (χ1) is 13.9. The zero-order chi connectivity index (χ0) is 20.8. The van der Waals surface area contributed by atoms with Crippen LogP contribution < -0.4 is 10.7 Å². The number of carbonyl (C=O) groups is 3. The molecule has 3 N–H and O–H groups in total. The number of hydrazone groups is 1. The van der Waals surface area contributed by atoms with E-state index in [1.165, 1.54) is 25.3 Å². The van der Waals surface area contributed by atoms with E-state index in [0.29, 0.717) is 28.3 Å². The first kappa shape index (κ1) is 19.6. The standard InChI is InChI=1S/C21H17N3O5/c1-13(25)23-17-7-5-14(6-8-17)20(26)24-22-12-18-9-10-19(29-18)15-3-2-4-16(11-15)21(27)28/h2-12H,1H3,(H,23,25)(H,24,26)(H,27,28). The van der Waals surface area contributed by atoms with Crippen LogP contribution in [0.2, 0.25) is 0 Å². The molecule has 0 aliphatic heterocycles. The smallest absolute Gasteiger partial charge is 0.335 e. The van der Waals surface area contributed by atoms with Crippen LogP contribution in [0, 0.1) is 0 Å². The van der Waals surface area contributed by atoms with Crippen LogP contribution in [0.5, 0.6) is 0 Å². The van der Waals surface area contributed by atoms with Crippen molar-refractivity contribution in [3.8, 4) is 11.3 Å². The van der Waals surface area contributed by atoms with Crippen molar-refractivity contribution in [2.45, 2.75) is 6.92 Å². The fraction of sp³-hybridized carbons (Fsp3) is 0.0476. The summed E-state index contributed by atoms with van der Waals surface area (Å²) in [7, 11) is 0. The minimum Gasteiger partial charge on any atom is -0.478 e. The maximum atomic E-state index is 12.1. The van der Waals surface area contributed by atoms with Gasteiger partial charge in [0.15, 0.2) is 0 Å². The van der Waals surface area contributed by atoms with Crippen LogP contribution in [0.25, 0.3) is 11.3 Å². The van der Waals surface area contributed by atoms with Gasteiger partial charge in [-0.3, -0.25) is 9.59 Å². The molecule has 3 rings (SSSR count). The van der Waals surface area contributed by atoms with Gasteiger partial charge in [0.25, 0.3) is 5.91 Å². The SMILES string of the molecule is CC(=O)Nc1ccc(C(=O)NN=Cc2ccc(-c3cccc(C(=O)O)c3)o2)cc1. The summed E-state index contributed by atoms with van der Waals surface area (Å²) < 4.78 is 5.61. The molecule has 3 aromatic rings. The number of carboxylic acids is 1. The van der Waals surface area contributed by atoms with Crippen molar-refractivity contribution in [2.24, 2.45) is 5.10 Å². The molecule has 0 bridgehead atoms. The zero-order valence-corrected chi connectivity index (χ0v) is 15.4. The van der Waals surface area contributed by atoms with E-state index in [1.54, 1.807) is 48.5 Å². The number of aromatic carboxylic acids is 1. The molecule has 0 radical (unpaired) electrons. The minimum absolute atomic E-state index is 0.158. The van der Waals surface area contributed by atoms with E-state index in [9.17, 15) is 14.4 Å². The molecule has 1 heterocycles. The number of benzene rings is 2. The van der Waals surface area contributed by atoms with Gasteiger partial charge in [-0.2, -0.15) is 5.10 Å². The molecule has 146 valence electrons. The Kier molecular flexibility index (Phi) is 5.84. The lowest BCUT2D eigenvalue weighted by atomic mass is 10.1. The summed E-state index contributed by atoms with van der Waals surface area (Å²) in [4.78, 5) is 34.2. The number of hydrogen-bond acceptors (Lipinski definition) is 5. The van der Waals surface area contributed by atoms with Crippen LogP contribution in [0.3, 0.4) is 0 Å². The van der Waals surface area contributed by atoms with E-state index in [-0.39, 0.29) is 11.5 Å². The average Bonchev–Trinajstić information content (AvgIpc) is 3.17. The summed E-state index contributed by atoms with van der Waals surface area (Å²) >= 11 is 0. The Balaban J connectivity index is 1.62. The lowest BCUT2D eigenvalue weighted by molar-refractivity contribution is -0.114. The monoisotopic (exact) mass is 391 g/mol. The van der Waals surface area contributed by atoms with Crippen LogP contribution in [-0.4, -0.2) is 29.1 Å². The van der Waals surface area contributed by atoms with Crippen LogP contribution in [0.1, 0.15) is 33.4 Å². The van der Waals surface area contributed by atoms with Crippen molar-refractivity contribution in [3.63, 3.8) is 0 Å². The summed E-state index contributed by atoms with van der Waals surface area (Å²) in [5, 5.41) is 15.5. The van der Waals surface area contributed by atoms with Crippen molar-refractivity contribution in [3.05, 3.63) is 77.6 Å². The van der Waals surface area contributed by atoms with Crippen LogP contribution in [0.15, 0.2) is 70.2 Å². The minimum atomic E-state index is -1.02. The highest BCUT2D eigenvalue weighted by atomic mass is 16.4. The number of carboxylic acid groups (broad SMARTS) is 1. The fourth-order valence-corrected chi connectivity index (χ4v) is 2.51. The molecule has 0 fully saturated rings. The number of carbonyl (C=O) groups excluding carboxylic acids is 2. The van der Waals surface area contributed by atoms with Gasteiger partial charge in [0.1, 0.15) is 11.5 Å². The number of rotatable bonds is 6. The molecule has 0 atom stereocenters. The Labute approximate surface area is 165 Å². The van der Waals surface area contributed by atoms with Crippen LogP contribution >= 0.6 is 0 Å². The van der Waals surface area contributed by atoms with Gasteiger partial charge in [0.05, 0.1) is 11.8 Å². The van der Waals surface area contributed by atoms with Crippen LogP contribution in [-0.2, 0) is 4.79 Å². The molecule has 1 aromatic heterocycles. The number of nitrogens with zero attached hydrogens (tertiary/aromatic N) is 1. The highest BCUT2D eigenvalue weighted by Crippen LogP contribution is 2.22. The molecular weight excluding hydrogens is 374 g/mol. The van der Waals surface area contributed by atoms with Crippen molar-refractivity contribution in [2.75, 3.05) is 5.32 Å². The van der Waals surface area contributed by atoms with Crippen LogP contribution in [0.4, 0.5) is 5.69 Å². The summed E-state index contributed by atoms with van der Waals surface area (Å²) in [5.41, 5.74) is 4.13. The number of amides is 2. The third-order valence-corrected chi connectivity index (χ3v) is 3.85. The highest BCUT2D eigenvalue weighted by Gasteiger charge is 2.08. The predicted octanol–water partition coefficient (Wildman–Crippen LogP) is 3.37. The van der Waals surface area contributed by atoms with E-state index in [1.807, 2.05) is 0 Å². The Morgan fingerprint density at radius 2 is 1.76 bits per heavy atom. The number of hydrogen-bond donors (Lipinski definition) is 3. The first-order valence-corrected chi connectivity index (χ1v) is 8.57. The predicted molar refractivity (Wildman–Crippen MR) is 107 cm³/mol. The van der Waals surface area contributed by atoms with Gasteiger partial charge in [-0.25, -0.2) is 10.2 Å². The van der Waals surface area contributed by atoms with Crippen molar-refractivity contribution in [1.29, 1.82) is 0 Å². The Morgan fingerprint density at radius 3 is 2.45 bits per heavy atom. The third kappa shape index (κ3) is 5.16. The third-order valence-electron chi connectivity index (χ3n) is 3.85. The molecule has 8 heteroatoms.